The van der Waals surface area contributed by atoms with E-state index in [0.717, 1.165) is 42.7 Å². The van der Waals surface area contributed by atoms with E-state index in [1.165, 1.54) is 36.0 Å². The summed E-state index contributed by atoms with van der Waals surface area (Å²) < 4.78 is 2.10. The Morgan fingerprint density at radius 3 is 1.90 bits per heavy atom. The van der Waals surface area contributed by atoms with Crippen molar-refractivity contribution in [1.29, 1.82) is 0 Å². The lowest BCUT2D eigenvalue weighted by Gasteiger charge is -2.38. The second kappa shape index (κ2) is 10.6. The van der Waals surface area contributed by atoms with E-state index in [2.05, 4.69) is 83.8 Å². The molecule has 0 saturated heterocycles. The Hall–Kier alpha value is -0.280. The minimum absolute atomic E-state index is 0.693. The van der Waals surface area contributed by atoms with Crippen LogP contribution in [0, 0.1) is 23.7 Å². The van der Waals surface area contributed by atoms with Crippen LogP contribution in [0.2, 0.25) is 10.0 Å². The number of halogens is 4. The van der Waals surface area contributed by atoms with Crippen LogP contribution in [-0.2, 0) is 0 Å². The van der Waals surface area contributed by atoms with E-state index in [1.54, 1.807) is 0 Å². The van der Waals surface area contributed by atoms with E-state index in [4.69, 9.17) is 23.2 Å². The smallest absolute Gasteiger partial charge is 0.0492 e. The molecule has 0 radical (unpaired) electrons. The van der Waals surface area contributed by atoms with Gasteiger partial charge in [0.15, 0.2) is 0 Å². The lowest BCUT2D eigenvalue weighted by molar-refractivity contribution is 0.197. The molecule has 0 amide bonds. The summed E-state index contributed by atoms with van der Waals surface area (Å²) in [5.74, 6) is 3.88. The van der Waals surface area contributed by atoms with Gasteiger partial charge in [0.05, 0.1) is 0 Å². The Kier molecular flexibility index (Phi) is 8.57. The molecule has 2 aromatic carbocycles. The molecule has 4 rings (SSSR count). The van der Waals surface area contributed by atoms with Crippen LogP contribution in [-0.4, -0.2) is 0 Å². The number of hydrogen-bond donors (Lipinski definition) is 0. The molecule has 0 aliphatic heterocycles. The highest BCUT2D eigenvalue weighted by molar-refractivity contribution is 9.10. The minimum Gasteiger partial charge on any atom is -0.0840 e. The van der Waals surface area contributed by atoms with Crippen LogP contribution < -0.4 is 0 Å². The molecule has 0 bridgehead atoms. The first kappa shape index (κ1) is 24.4. The zero-order chi connectivity index (χ0) is 22.0. The molecule has 0 nitrogen and oxygen atoms in total. The third-order valence-electron chi connectivity index (χ3n) is 6.52. The van der Waals surface area contributed by atoms with Crippen LogP contribution in [0.15, 0.2) is 51.4 Å². The molecule has 0 aromatic heterocycles. The van der Waals surface area contributed by atoms with Crippen molar-refractivity contribution in [2.24, 2.45) is 23.7 Å². The van der Waals surface area contributed by atoms with Gasteiger partial charge in [-0.05, 0) is 89.8 Å². The van der Waals surface area contributed by atoms with Crippen molar-refractivity contribution in [3.8, 4) is 0 Å². The van der Waals surface area contributed by atoms with E-state index in [-0.39, 0.29) is 0 Å². The maximum atomic E-state index is 6.23. The second-order valence-electron chi connectivity index (χ2n) is 9.27. The molecule has 0 N–H and O–H groups in total. The van der Waals surface area contributed by atoms with Gasteiger partial charge in [0.25, 0.3) is 0 Å². The van der Waals surface area contributed by atoms with Gasteiger partial charge in [0, 0.05) is 19.0 Å². The summed E-state index contributed by atoms with van der Waals surface area (Å²) >= 11 is 19.3. The van der Waals surface area contributed by atoms with Gasteiger partial charge < -0.3 is 0 Å². The molecular weight excluding hydrogens is 543 g/mol. The first-order valence-corrected chi connectivity index (χ1v) is 13.1. The molecule has 0 spiro atoms. The number of hydrogen-bond acceptors (Lipinski definition) is 0. The van der Waals surface area contributed by atoms with Crippen molar-refractivity contribution in [2.45, 2.75) is 52.9 Å². The SMILES string of the molecule is CC(C)C1C=C(c2ccc(Br)cc2Cl)C1.CC(C)C1CC(c2ccc(Br)cc2Cl)C1. The molecule has 1 unspecified atom stereocenters. The molecule has 2 aliphatic rings. The van der Waals surface area contributed by atoms with Crippen LogP contribution in [0.4, 0.5) is 0 Å². The van der Waals surface area contributed by atoms with Crippen LogP contribution in [0.5, 0.6) is 0 Å². The molecule has 2 aliphatic carbocycles. The quantitative estimate of drug-likeness (QED) is 0.342. The zero-order valence-corrected chi connectivity index (χ0v) is 22.7. The van der Waals surface area contributed by atoms with Gasteiger partial charge in [0.1, 0.15) is 0 Å². The highest BCUT2D eigenvalue weighted by Gasteiger charge is 2.33. The number of benzene rings is 2. The molecule has 1 fully saturated rings. The molecule has 0 heterocycles. The van der Waals surface area contributed by atoms with Gasteiger partial charge in [-0.15, -0.1) is 0 Å². The van der Waals surface area contributed by atoms with Crippen molar-refractivity contribution in [3.05, 3.63) is 72.6 Å². The minimum atomic E-state index is 0.693. The summed E-state index contributed by atoms with van der Waals surface area (Å²) in [6, 6.07) is 12.3. The summed E-state index contributed by atoms with van der Waals surface area (Å²) in [5, 5.41) is 1.76. The highest BCUT2D eigenvalue weighted by atomic mass is 79.9. The van der Waals surface area contributed by atoms with Crippen LogP contribution in [0.1, 0.15) is 64.0 Å². The Morgan fingerprint density at radius 1 is 0.833 bits per heavy atom. The lowest BCUT2D eigenvalue weighted by atomic mass is 9.67. The molecule has 1 saturated carbocycles. The van der Waals surface area contributed by atoms with E-state index in [0.29, 0.717) is 5.92 Å². The molecule has 1 atom stereocenters. The van der Waals surface area contributed by atoms with Gasteiger partial charge in [0.2, 0.25) is 0 Å². The number of allylic oxidation sites excluding steroid dienone is 2. The van der Waals surface area contributed by atoms with E-state index in [1.807, 2.05) is 18.2 Å². The van der Waals surface area contributed by atoms with Crippen molar-refractivity contribution >= 4 is 60.6 Å². The topological polar surface area (TPSA) is 0 Å². The average molecular weight is 573 g/mol. The number of rotatable bonds is 4. The average Bonchev–Trinajstić information content (AvgIpc) is 2.56. The molecule has 162 valence electrons. The summed E-state index contributed by atoms with van der Waals surface area (Å²) in [5.41, 5.74) is 3.92. The van der Waals surface area contributed by atoms with E-state index in [9.17, 15) is 0 Å². The summed E-state index contributed by atoms with van der Waals surface area (Å²) in [6.07, 6.45) is 6.12. The first-order valence-electron chi connectivity index (χ1n) is 10.8. The van der Waals surface area contributed by atoms with E-state index < -0.39 is 0 Å². The predicted molar refractivity (Wildman–Crippen MR) is 140 cm³/mol. The second-order valence-corrected chi connectivity index (χ2v) is 11.9. The van der Waals surface area contributed by atoms with Gasteiger partial charge in [-0.25, -0.2) is 0 Å². The van der Waals surface area contributed by atoms with Gasteiger partial charge in [-0.1, -0.05) is 101 Å². The molecule has 30 heavy (non-hydrogen) atoms. The molecule has 2 aromatic rings. The summed E-state index contributed by atoms with van der Waals surface area (Å²) in [7, 11) is 0. The van der Waals surface area contributed by atoms with Crippen LogP contribution in [0.25, 0.3) is 5.57 Å². The standard InChI is InChI=1S/C13H16BrCl.C13H14BrCl/c2*1-8(2)9-5-10(6-9)12-4-3-11(14)7-13(12)15/h3-4,7-10H,5-6H2,1-2H3;3-5,7-9H,6H2,1-2H3. The summed E-state index contributed by atoms with van der Waals surface area (Å²) in [4.78, 5) is 0. The van der Waals surface area contributed by atoms with Crippen molar-refractivity contribution in [1.82, 2.24) is 0 Å². The molecule has 4 heteroatoms. The Labute approximate surface area is 208 Å². The van der Waals surface area contributed by atoms with Crippen LogP contribution >= 0.6 is 55.1 Å². The van der Waals surface area contributed by atoms with Crippen molar-refractivity contribution in [2.75, 3.05) is 0 Å². The third kappa shape index (κ3) is 5.94. The van der Waals surface area contributed by atoms with Crippen molar-refractivity contribution < 1.29 is 0 Å². The normalized spacial score (nSPS) is 22.7. The molecular formula is C26H30Br2Cl2. The maximum Gasteiger partial charge on any atom is 0.0492 e. The maximum absolute atomic E-state index is 6.23. The lowest BCUT2D eigenvalue weighted by Crippen LogP contribution is -2.26. The highest BCUT2D eigenvalue weighted by Crippen LogP contribution is 2.47. The van der Waals surface area contributed by atoms with Gasteiger partial charge in [-0.3, -0.25) is 0 Å². The monoisotopic (exact) mass is 570 g/mol. The van der Waals surface area contributed by atoms with Crippen LogP contribution in [0.3, 0.4) is 0 Å². The van der Waals surface area contributed by atoms with E-state index >= 15 is 0 Å². The predicted octanol–water partition coefficient (Wildman–Crippen LogP) is 10.4. The Morgan fingerprint density at radius 2 is 1.40 bits per heavy atom. The largest absolute Gasteiger partial charge is 0.0840 e. The van der Waals surface area contributed by atoms with Crippen molar-refractivity contribution in [3.63, 3.8) is 0 Å². The Balaban J connectivity index is 0.000000171. The summed E-state index contributed by atoms with van der Waals surface area (Å²) in [6.45, 7) is 9.15. The first-order chi connectivity index (χ1) is 14.2. The fourth-order valence-electron chi connectivity index (χ4n) is 4.15. The van der Waals surface area contributed by atoms with Gasteiger partial charge >= 0.3 is 0 Å². The fraction of sp³-hybridized carbons (Fsp3) is 0.462. The fourth-order valence-corrected chi connectivity index (χ4v) is 5.77. The third-order valence-corrected chi connectivity index (χ3v) is 8.15. The Bertz CT molecular complexity index is 911. The van der Waals surface area contributed by atoms with Gasteiger partial charge in [-0.2, -0.15) is 0 Å². The zero-order valence-electron chi connectivity index (χ0n) is 18.1.